The monoisotopic (exact) mass is 180 g/mol. The second-order valence-corrected chi connectivity index (χ2v) is 4.11. The van der Waals surface area contributed by atoms with Gasteiger partial charge in [0.15, 0.2) is 0 Å². The van der Waals surface area contributed by atoms with E-state index >= 15 is 0 Å². The highest BCUT2D eigenvalue weighted by atomic mass is 15.3. The van der Waals surface area contributed by atoms with Gasteiger partial charge in [0.2, 0.25) is 0 Å². The van der Waals surface area contributed by atoms with Gasteiger partial charge in [0.05, 0.1) is 6.67 Å². The molecule has 0 radical (unpaired) electrons. The minimum Gasteiger partial charge on any atom is -0.306 e. The van der Waals surface area contributed by atoms with Crippen LogP contribution in [0.25, 0.3) is 0 Å². The maximum absolute atomic E-state index is 3.79. The molecule has 1 fully saturated rings. The summed E-state index contributed by atoms with van der Waals surface area (Å²) in [7, 11) is 0. The maximum Gasteiger partial charge on any atom is 0.120 e. The first-order chi connectivity index (χ1) is 6.25. The molecule has 2 atom stereocenters. The van der Waals surface area contributed by atoms with Crippen LogP contribution < -0.4 is 0 Å². The van der Waals surface area contributed by atoms with Crippen LogP contribution in [0, 0.1) is 11.8 Å². The first-order valence-corrected chi connectivity index (χ1v) is 4.80. The summed E-state index contributed by atoms with van der Waals surface area (Å²) < 4.78 is 2.02. The molecule has 4 heteroatoms. The zero-order chi connectivity index (χ0) is 9.26. The summed E-state index contributed by atoms with van der Waals surface area (Å²) in [5, 5.41) is 7.58. The summed E-state index contributed by atoms with van der Waals surface area (Å²) in [6.45, 7) is 7.95. The van der Waals surface area contributed by atoms with Crippen molar-refractivity contribution in [3.05, 3.63) is 12.7 Å². The van der Waals surface area contributed by atoms with Gasteiger partial charge in [-0.15, -0.1) is 10.2 Å². The van der Waals surface area contributed by atoms with Crippen LogP contribution in [0.3, 0.4) is 0 Å². The lowest BCUT2D eigenvalue weighted by molar-refractivity contribution is 0.258. The minimum absolute atomic E-state index is 0.816. The average molecular weight is 180 g/mol. The summed E-state index contributed by atoms with van der Waals surface area (Å²) in [5.41, 5.74) is 0. The van der Waals surface area contributed by atoms with Gasteiger partial charge in [-0.2, -0.15) is 0 Å². The molecule has 1 saturated heterocycles. The Labute approximate surface area is 78.6 Å². The maximum atomic E-state index is 3.79. The lowest BCUT2D eigenvalue weighted by Crippen LogP contribution is -2.23. The van der Waals surface area contributed by atoms with E-state index in [1.807, 2.05) is 4.57 Å². The van der Waals surface area contributed by atoms with Gasteiger partial charge in [-0.25, -0.2) is 0 Å². The molecule has 0 aliphatic carbocycles. The molecule has 0 saturated carbocycles. The lowest BCUT2D eigenvalue weighted by Gasteiger charge is -2.14. The highest BCUT2D eigenvalue weighted by Crippen LogP contribution is 2.22. The van der Waals surface area contributed by atoms with E-state index < -0.39 is 0 Å². The molecule has 4 nitrogen and oxygen atoms in total. The van der Waals surface area contributed by atoms with Crippen molar-refractivity contribution in [3.8, 4) is 0 Å². The number of hydrogen-bond acceptors (Lipinski definition) is 3. The molecule has 2 heterocycles. The second kappa shape index (κ2) is 3.46. The van der Waals surface area contributed by atoms with Crippen molar-refractivity contribution in [1.29, 1.82) is 0 Å². The highest BCUT2D eigenvalue weighted by molar-refractivity contribution is 4.77. The Hall–Kier alpha value is -0.900. The molecule has 1 aromatic rings. The largest absolute Gasteiger partial charge is 0.306 e. The minimum atomic E-state index is 0.816. The molecule has 1 aromatic heterocycles. The fourth-order valence-corrected chi connectivity index (χ4v) is 1.89. The molecule has 2 unspecified atom stereocenters. The molecule has 0 aromatic carbocycles. The van der Waals surface area contributed by atoms with Gasteiger partial charge >= 0.3 is 0 Å². The van der Waals surface area contributed by atoms with Crippen LogP contribution in [0.4, 0.5) is 0 Å². The van der Waals surface area contributed by atoms with Crippen molar-refractivity contribution in [1.82, 2.24) is 19.7 Å². The Kier molecular flexibility index (Phi) is 2.31. The van der Waals surface area contributed by atoms with Crippen LogP contribution in [0.2, 0.25) is 0 Å². The van der Waals surface area contributed by atoms with Gasteiger partial charge in [-0.1, -0.05) is 13.8 Å². The predicted molar refractivity (Wildman–Crippen MR) is 49.9 cm³/mol. The molecule has 1 aliphatic heterocycles. The average Bonchev–Trinajstić information content (AvgIpc) is 2.64. The van der Waals surface area contributed by atoms with Crippen LogP contribution in [0.1, 0.15) is 13.8 Å². The van der Waals surface area contributed by atoms with E-state index in [1.54, 1.807) is 12.7 Å². The molecule has 2 rings (SSSR count). The molecule has 13 heavy (non-hydrogen) atoms. The van der Waals surface area contributed by atoms with Crippen LogP contribution in [0.5, 0.6) is 0 Å². The third-order valence-corrected chi connectivity index (χ3v) is 2.89. The molecule has 0 bridgehead atoms. The second-order valence-electron chi connectivity index (χ2n) is 4.11. The van der Waals surface area contributed by atoms with Crippen LogP contribution in [-0.2, 0) is 6.67 Å². The van der Waals surface area contributed by atoms with Crippen molar-refractivity contribution in [3.63, 3.8) is 0 Å². The first kappa shape index (κ1) is 8.69. The Balaban J connectivity index is 1.91. The van der Waals surface area contributed by atoms with Crippen molar-refractivity contribution >= 4 is 0 Å². The Morgan fingerprint density at radius 3 is 2.23 bits per heavy atom. The summed E-state index contributed by atoms with van der Waals surface area (Å²) in [5.74, 6) is 1.63. The molecule has 0 amide bonds. The van der Waals surface area contributed by atoms with Crippen molar-refractivity contribution in [2.75, 3.05) is 13.1 Å². The smallest absolute Gasteiger partial charge is 0.120 e. The molecule has 0 spiro atoms. The van der Waals surface area contributed by atoms with Crippen LogP contribution >= 0.6 is 0 Å². The molecular formula is C9H16N4. The fraction of sp³-hybridized carbons (Fsp3) is 0.778. The van der Waals surface area contributed by atoms with Gasteiger partial charge < -0.3 is 4.57 Å². The van der Waals surface area contributed by atoms with Crippen LogP contribution in [0.15, 0.2) is 12.7 Å². The summed E-state index contributed by atoms with van der Waals surface area (Å²) in [6, 6.07) is 0. The van der Waals surface area contributed by atoms with E-state index in [4.69, 9.17) is 0 Å². The Morgan fingerprint density at radius 1 is 1.15 bits per heavy atom. The standard InChI is InChI=1S/C9H16N4/c1-8-3-12(4-9(8)2)7-13-5-10-11-6-13/h5-6,8-9H,3-4,7H2,1-2H3. The number of likely N-dealkylation sites (tertiary alicyclic amines) is 1. The van der Waals surface area contributed by atoms with E-state index in [1.165, 1.54) is 13.1 Å². The van der Waals surface area contributed by atoms with Gasteiger partial charge in [0.1, 0.15) is 12.7 Å². The number of rotatable bonds is 2. The summed E-state index contributed by atoms with van der Waals surface area (Å²) >= 11 is 0. The summed E-state index contributed by atoms with van der Waals surface area (Å²) in [6.07, 6.45) is 3.54. The first-order valence-electron chi connectivity index (χ1n) is 4.80. The van der Waals surface area contributed by atoms with E-state index in [9.17, 15) is 0 Å². The van der Waals surface area contributed by atoms with Gasteiger partial charge in [0, 0.05) is 13.1 Å². The predicted octanol–water partition coefficient (Wildman–Crippen LogP) is 0.823. The third kappa shape index (κ3) is 1.88. The molecular weight excluding hydrogens is 164 g/mol. The molecule has 1 aliphatic rings. The van der Waals surface area contributed by atoms with Gasteiger partial charge in [0.25, 0.3) is 0 Å². The third-order valence-electron chi connectivity index (χ3n) is 2.89. The fourth-order valence-electron chi connectivity index (χ4n) is 1.89. The topological polar surface area (TPSA) is 34.0 Å². The van der Waals surface area contributed by atoms with Gasteiger partial charge in [-0.05, 0) is 11.8 Å². The van der Waals surface area contributed by atoms with Crippen molar-refractivity contribution in [2.24, 2.45) is 11.8 Å². The zero-order valence-electron chi connectivity index (χ0n) is 8.22. The Morgan fingerprint density at radius 2 is 1.69 bits per heavy atom. The van der Waals surface area contributed by atoms with Gasteiger partial charge in [-0.3, -0.25) is 4.90 Å². The Bertz CT molecular complexity index is 247. The van der Waals surface area contributed by atoms with E-state index in [0.29, 0.717) is 0 Å². The summed E-state index contributed by atoms with van der Waals surface area (Å²) in [4.78, 5) is 2.44. The van der Waals surface area contributed by atoms with E-state index in [-0.39, 0.29) is 0 Å². The van der Waals surface area contributed by atoms with Crippen molar-refractivity contribution < 1.29 is 0 Å². The quantitative estimate of drug-likeness (QED) is 0.676. The highest BCUT2D eigenvalue weighted by Gasteiger charge is 2.25. The van der Waals surface area contributed by atoms with Crippen molar-refractivity contribution in [2.45, 2.75) is 20.5 Å². The normalized spacial score (nSPS) is 29.7. The molecule has 72 valence electrons. The van der Waals surface area contributed by atoms with Crippen LogP contribution in [-0.4, -0.2) is 32.8 Å². The number of nitrogens with zero attached hydrogens (tertiary/aromatic N) is 4. The number of aromatic nitrogens is 3. The van der Waals surface area contributed by atoms with E-state index in [0.717, 1.165) is 18.5 Å². The van der Waals surface area contributed by atoms with E-state index in [2.05, 4.69) is 28.9 Å². The number of hydrogen-bond donors (Lipinski definition) is 0. The molecule has 0 N–H and O–H groups in total. The SMILES string of the molecule is CC1CN(Cn2cnnc2)CC1C. The lowest BCUT2D eigenvalue weighted by atomic mass is 10.0. The zero-order valence-corrected chi connectivity index (χ0v) is 8.22.